The molecule has 1 aromatic rings. The number of rotatable bonds is 4. The van der Waals surface area contributed by atoms with Gasteiger partial charge < -0.3 is 5.73 Å². The van der Waals surface area contributed by atoms with E-state index in [1.807, 2.05) is 6.07 Å². The van der Waals surface area contributed by atoms with E-state index in [2.05, 4.69) is 5.32 Å². The van der Waals surface area contributed by atoms with Gasteiger partial charge in [0.25, 0.3) is 0 Å². The predicted octanol–water partition coefficient (Wildman–Crippen LogP) is 2.06. The smallest absolute Gasteiger partial charge is 0.328 e. The van der Waals surface area contributed by atoms with Crippen LogP contribution in [0.4, 0.5) is 13.2 Å². The van der Waals surface area contributed by atoms with Crippen LogP contribution in [0.2, 0.25) is 0 Å². The van der Waals surface area contributed by atoms with E-state index in [4.69, 9.17) is 5.73 Å². The van der Waals surface area contributed by atoms with Crippen LogP contribution in [0.25, 0.3) is 0 Å². The van der Waals surface area contributed by atoms with Crippen molar-refractivity contribution in [2.75, 3.05) is 6.54 Å². The third-order valence-corrected chi connectivity index (χ3v) is 2.56. The summed E-state index contributed by atoms with van der Waals surface area (Å²) in [5.41, 5.74) is 3.93. The molecule has 90 valence electrons. The summed E-state index contributed by atoms with van der Waals surface area (Å²) in [4.78, 5) is 0. The number of alkyl halides is 3. The van der Waals surface area contributed by atoms with E-state index in [1.165, 1.54) is 0 Å². The Labute approximate surface area is 92.6 Å². The Hall–Kier alpha value is -1.07. The van der Waals surface area contributed by atoms with Crippen molar-refractivity contribution in [1.29, 1.82) is 0 Å². The van der Waals surface area contributed by atoms with E-state index in [1.54, 1.807) is 24.3 Å². The van der Waals surface area contributed by atoms with E-state index in [0.717, 1.165) is 12.5 Å². The number of benzene rings is 1. The zero-order chi connectivity index (χ0) is 12.2. The number of nitrogens with two attached hydrogens (primary N) is 1. The highest BCUT2D eigenvalue weighted by molar-refractivity contribution is 5.15. The third kappa shape index (κ3) is 2.96. The second-order valence-corrected chi connectivity index (χ2v) is 3.87. The Kier molecular flexibility index (Phi) is 3.93. The summed E-state index contributed by atoms with van der Waals surface area (Å²) in [5.74, 6) is 0. The van der Waals surface area contributed by atoms with Crippen LogP contribution in [-0.4, -0.2) is 18.3 Å². The Morgan fingerprint density at radius 2 is 1.75 bits per heavy atom. The summed E-state index contributed by atoms with van der Waals surface area (Å²) in [6.07, 6.45) is -4.35. The summed E-state index contributed by atoms with van der Waals surface area (Å²) < 4.78 is 38.0. The van der Waals surface area contributed by atoms with Gasteiger partial charge in [0.05, 0.1) is 0 Å². The molecular formula is C11H15F3N2. The second-order valence-electron chi connectivity index (χ2n) is 3.87. The van der Waals surface area contributed by atoms with Gasteiger partial charge in [-0.25, -0.2) is 0 Å². The van der Waals surface area contributed by atoms with Crippen molar-refractivity contribution in [1.82, 2.24) is 5.32 Å². The van der Waals surface area contributed by atoms with Crippen molar-refractivity contribution in [2.45, 2.75) is 25.2 Å². The molecule has 0 aliphatic rings. The van der Waals surface area contributed by atoms with E-state index < -0.39 is 18.3 Å². The van der Waals surface area contributed by atoms with Crippen LogP contribution in [0.3, 0.4) is 0 Å². The standard InChI is InChI=1S/C11H15F3N2/c1-10(8-15,11(12,13)14)16-7-9-5-3-2-4-6-9/h2-6,16H,7-8,15H2,1H3/t10-/m1/s1. The van der Waals surface area contributed by atoms with Crippen molar-refractivity contribution in [3.8, 4) is 0 Å². The van der Waals surface area contributed by atoms with Crippen LogP contribution in [0.1, 0.15) is 12.5 Å². The minimum Gasteiger partial charge on any atom is -0.328 e. The molecule has 16 heavy (non-hydrogen) atoms. The van der Waals surface area contributed by atoms with Crippen LogP contribution >= 0.6 is 0 Å². The average Bonchev–Trinajstić information content (AvgIpc) is 2.26. The topological polar surface area (TPSA) is 38.0 Å². The summed E-state index contributed by atoms with van der Waals surface area (Å²) in [6, 6.07) is 8.91. The first-order valence-corrected chi connectivity index (χ1v) is 4.95. The van der Waals surface area contributed by atoms with Gasteiger partial charge in [0.1, 0.15) is 5.54 Å². The van der Waals surface area contributed by atoms with Gasteiger partial charge in [0.15, 0.2) is 0 Å². The van der Waals surface area contributed by atoms with Gasteiger partial charge >= 0.3 is 6.18 Å². The Bertz CT molecular complexity index is 324. The number of hydrogen-bond acceptors (Lipinski definition) is 2. The highest BCUT2D eigenvalue weighted by Crippen LogP contribution is 2.29. The maximum Gasteiger partial charge on any atom is 0.407 e. The molecule has 3 N–H and O–H groups in total. The second kappa shape index (κ2) is 4.84. The van der Waals surface area contributed by atoms with Crippen molar-refractivity contribution < 1.29 is 13.2 Å². The molecule has 0 aromatic heterocycles. The fourth-order valence-electron chi connectivity index (χ4n) is 1.18. The number of halogens is 3. The molecular weight excluding hydrogens is 217 g/mol. The molecule has 1 rings (SSSR count). The van der Waals surface area contributed by atoms with E-state index >= 15 is 0 Å². The van der Waals surface area contributed by atoms with Gasteiger partial charge in [-0.2, -0.15) is 13.2 Å². The highest BCUT2D eigenvalue weighted by Gasteiger charge is 2.49. The molecule has 0 unspecified atom stereocenters. The molecule has 0 spiro atoms. The molecule has 0 radical (unpaired) electrons. The minimum absolute atomic E-state index is 0.147. The first-order chi connectivity index (χ1) is 7.39. The van der Waals surface area contributed by atoms with Gasteiger partial charge in [-0.15, -0.1) is 0 Å². The zero-order valence-electron chi connectivity index (χ0n) is 9.01. The van der Waals surface area contributed by atoms with Crippen molar-refractivity contribution >= 4 is 0 Å². The lowest BCUT2D eigenvalue weighted by Gasteiger charge is -2.31. The van der Waals surface area contributed by atoms with Crippen LogP contribution in [0.5, 0.6) is 0 Å². The first-order valence-electron chi connectivity index (χ1n) is 4.95. The summed E-state index contributed by atoms with van der Waals surface area (Å²) in [7, 11) is 0. The van der Waals surface area contributed by atoms with Gasteiger partial charge in [0, 0.05) is 13.1 Å². The largest absolute Gasteiger partial charge is 0.407 e. The number of nitrogens with one attached hydrogen (secondary N) is 1. The zero-order valence-corrected chi connectivity index (χ0v) is 9.01. The average molecular weight is 232 g/mol. The lowest BCUT2D eigenvalue weighted by Crippen LogP contribution is -2.58. The van der Waals surface area contributed by atoms with Crippen LogP contribution in [0, 0.1) is 0 Å². The third-order valence-electron chi connectivity index (χ3n) is 2.56. The van der Waals surface area contributed by atoms with Crippen molar-refractivity contribution in [3.05, 3.63) is 35.9 Å². The van der Waals surface area contributed by atoms with Crippen molar-refractivity contribution in [3.63, 3.8) is 0 Å². The molecule has 0 bridgehead atoms. The molecule has 0 amide bonds. The van der Waals surface area contributed by atoms with Crippen LogP contribution in [0.15, 0.2) is 30.3 Å². The maximum absolute atomic E-state index is 12.7. The SMILES string of the molecule is C[C@](CN)(NCc1ccccc1)C(F)(F)F. The number of hydrogen-bond donors (Lipinski definition) is 2. The molecule has 0 saturated heterocycles. The summed E-state index contributed by atoms with van der Waals surface area (Å²) in [6.45, 7) is 0.729. The normalized spacial score (nSPS) is 15.8. The Morgan fingerprint density at radius 1 is 1.19 bits per heavy atom. The molecule has 0 aliphatic carbocycles. The first kappa shape index (κ1) is 13.0. The van der Waals surface area contributed by atoms with E-state index in [-0.39, 0.29) is 6.54 Å². The summed E-state index contributed by atoms with van der Waals surface area (Å²) >= 11 is 0. The maximum atomic E-state index is 12.7. The lowest BCUT2D eigenvalue weighted by atomic mass is 10.0. The molecule has 0 aliphatic heterocycles. The van der Waals surface area contributed by atoms with Crippen molar-refractivity contribution in [2.24, 2.45) is 5.73 Å². The molecule has 5 heteroatoms. The van der Waals surface area contributed by atoms with E-state index in [0.29, 0.717) is 0 Å². The van der Waals surface area contributed by atoms with Gasteiger partial charge in [-0.3, -0.25) is 5.32 Å². The molecule has 1 atom stereocenters. The summed E-state index contributed by atoms with van der Waals surface area (Å²) in [5, 5.41) is 2.45. The lowest BCUT2D eigenvalue weighted by molar-refractivity contribution is -0.188. The Morgan fingerprint density at radius 3 is 2.19 bits per heavy atom. The van der Waals surface area contributed by atoms with Crippen LogP contribution in [-0.2, 0) is 6.54 Å². The predicted molar refractivity (Wildman–Crippen MR) is 56.8 cm³/mol. The molecule has 1 aromatic carbocycles. The van der Waals surface area contributed by atoms with Gasteiger partial charge in [-0.1, -0.05) is 30.3 Å². The fourth-order valence-corrected chi connectivity index (χ4v) is 1.18. The monoisotopic (exact) mass is 232 g/mol. The minimum atomic E-state index is -4.35. The fraction of sp³-hybridized carbons (Fsp3) is 0.455. The van der Waals surface area contributed by atoms with Gasteiger partial charge in [0.2, 0.25) is 0 Å². The Balaban J connectivity index is 2.66. The molecule has 2 nitrogen and oxygen atoms in total. The highest BCUT2D eigenvalue weighted by atomic mass is 19.4. The molecule has 0 fully saturated rings. The van der Waals surface area contributed by atoms with Gasteiger partial charge in [-0.05, 0) is 12.5 Å². The van der Waals surface area contributed by atoms with Crippen LogP contribution < -0.4 is 11.1 Å². The molecule has 0 heterocycles. The quantitative estimate of drug-likeness (QED) is 0.833. The van der Waals surface area contributed by atoms with E-state index in [9.17, 15) is 13.2 Å². The molecule has 0 saturated carbocycles.